The van der Waals surface area contributed by atoms with Crippen LogP contribution in [0.4, 0.5) is 4.39 Å². The van der Waals surface area contributed by atoms with Crippen LogP contribution in [0.25, 0.3) is 0 Å². The molecule has 2 amide bonds. The summed E-state index contributed by atoms with van der Waals surface area (Å²) >= 11 is 0. The average Bonchev–Trinajstić information content (AvgIpc) is 2.63. The first-order chi connectivity index (χ1) is 13.2. The summed E-state index contributed by atoms with van der Waals surface area (Å²) in [7, 11) is 0. The van der Waals surface area contributed by atoms with Crippen LogP contribution in [0.5, 0.6) is 0 Å². The third-order valence-electron chi connectivity index (χ3n) is 4.79. The molecule has 0 aromatic heterocycles. The molecule has 150 valence electrons. The maximum Gasteiger partial charge on any atom is 0.242 e. The Kier molecular flexibility index (Phi) is 7.32. The second kappa shape index (κ2) is 9.49. The van der Waals surface area contributed by atoms with Crippen LogP contribution in [0.1, 0.15) is 43.0 Å². The number of carbonyl (C=O) groups is 2. The molecule has 2 aromatic carbocycles. The molecule has 0 aliphatic heterocycles. The molecule has 1 unspecified atom stereocenters. The first-order valence-electron chi connectivity index (χ1n) is 9.57. The van der Waals surface area contributed by atoms with Crippen LogP contribution < -0.4 is 5.32 Å². The Morgan fingerprint density at radius 2 is 1.57 bits per heavy atom. The lowest BCUT2D eigenvalue weighted by molar-refractivity contribution is -0.140. The van der Waals surface area contributed by atoms with Gasteiger partial charge in [0.1, 0.15) is 11.9 Å². The fourth-order valence-electron chi connectivity index (χ4n) is 2.96. The number of nitrogens with zero attached hydrogens (tertiary/aromatic N) is 1. The normalized spacial score (nSPS) is 12.0. The van der Waals surface area contributed by atoms with Crippen LogP contribution in [0.3, 0.4) is 0 Å². The van der Waals surface area contributed by atoms with Crippen molar-refractivity contribution in [3.05, 3.63) is 70.5 Å². The molecule has 4 nitrogen and oxygen atoms in total. The Labute approximate surface area is 166 Å². The molecular formula is C23H29FN2O2. The smallest absolute Gasteiger partial charge is 0.242 e. The van der Waals surface area contributed by atoms with Crippen molar-refractivity contribution in [1.82, 2.24) is 10.2 Å². The van der Waals surface area contributed by atoms with Crippen molar-refractivity contribution in [1.29, 1.82) is 0 Å². The molecule has 0 aliphatic rings. The second-order valence-corrected chi connectivity index (χ2v) is 7.58. The Balaban J connectivity index is 2.24. The summed E-state index contributed by atoms with van der Waals surface area (Å²) in [6, 6.07) is 11.3. The van der Waals surface area contributed by atoms with Gasteiger partial charge in [-0.3, -0.25) is 9.59 Å². The Bertz CT molecular complexity index is 831. The molecule has 1 N–H and O–H groups in total. The van der Waals surface area contributed by atoms with Crippen molar-refractivity contribution < 1.29 is 14.0 Å². The Morgan fingerprint density at radius 3 is 2.14 bits per heavy atom. The lowest BCUT2D eigenvalue weighted by Crippen LogP contribution is -2.49. The maximum absolute atomic E-state index is 13.2. The number of halogens is 1. The van der Waals surface area contributed by atoms with Gasteiger partial charge in [0.25, 0.3) is 0 Å². The third-order valence-corrected chi connectivity index (χ3v) is 4.79. The number of nitrogens with one attached hydrogen (secondary N) is 1. The summed E-state index contributed by atoms with van der Waals surface area (Å²) in [5.74, 6) is -0.674. The van der Waals surface area contributed by atoms with Crippen molar-refractivity contribution in [2.45, 2.75) is 59.7 Å². The molecule has 1 atom stereocenters. The lowest BCUT2D eigenvalue weighted by atomic mass is 10.0. The Morgan fingerprint density at radius 1 is 0.964 bits per heavy atom. The van der Waals surface area contributed by atoms with Crippen molar-refractivity contribution in [2.75, 3.05) is 0 Å². The van der Waals surface area contributed by atoms with Gasteiger partial charge in [0.15, 0.2) is 0 Å². The maximum atomic E-state index is 13.2. The quantitative estimate of drug-likeness (QED) is 0.786. The second-order valence-electron chi connectivity index (χ2n) is 7.58. The van der Waals surface area contributed by atoms with Crippen LogP contribution in [-0.2, 0) is 22.6 Å². The topological polar surface area (TPSA) is 49.4 Å². The average molecular weight is 384 g/mol. The number of benzene rings is 2. The van der Waals surface area contributed by atoms with Gasteiger partial charge in [0.2, 0.25) is 11.8 Å². The lowest BCUT2D eigenvalue weighted by Gasteiger charge is -2.29. The van der Waals surface area contributed by atoms with Gasteiger partial charge in [-0.1, -0.05) is 30.3 Å². The summed E-state index contributed by atoms with van der Waals surface area (Å²) in [6.07, 6.45) is 0.210. The molecular weight excluding hydrogens is 355 g/mol. The molecule has 28 heavy (non-hydrogen) atoms. The minimum atomic E-state index is -0.633. The van der Waals surface area contributed by atoms with E-state index >= 15 is 0 Å². The summed E-state index contributed by atoms with van der Waals surface area (Å²) in [5, 5.41) is 2.86. The summed E-state index contributed by atoms with van der Waals surface area (Å²) in [5.41, 5.74) is 3.98. The molecule has 0 spiro atoms. The summed E-state index contributed by atoms with van der Waals surface area (Å²) < 4.78 is 13.2. The highest BCUT2D eigenvalue weighted by atomic mass is 19.1. The largest absolute Gasteiger partial charge is 0.352 e. The minimum Gasteiger partial charge on any atom is -0.352 e. The molecule has 0 bridgehead atoms. The van der Waals surface area contributed by atoms with Gasteiger partial charge in [-0.05, 0) is 69.0 Å². The first-order valence-corrected chi connectivity index (χ1v) is 9.57. The molecule has 0 saturated carbocycles. The van der Waals surface area contributed by atoms with E-state index in [0.717, 1.165) is 16.7 Å². The van der Waals surface area contributed by atoms with Gasteiger partial charge < -0.3 is 10.2 Å². The van der Waals surface area contributed by atoms with Crippen LogP contribution in [-0.4, -0.2) is 28.8 Å². The summed E-state index contributed by atoms with van der Waals surface area (Å²) in [4.78, 5) is 27.2. The highest BCUT2D eigenvalue weighted by Crippen LogP contribution is 2.15. The van der Waals surface area contributed by atoms with Crippen molar-refractivity contribution in [3.8, 4) is 0 Å². The highest BCUT2D eigenvalue weighted by molar-refractivity contribution is 5.88. The monoisotopic (exact) mass is 384 g/mol. The van der Waals surface area contributed by atoms with E-state index in [9.17, 15) is 14.0 Å². The summed E-state index contributed by atoms with van der Waals surface area (Å²) in [6.45, 7) is 9.77. The van der Waals surface area contributed by atoms with Crippen LogP contribution >= 0.6 is 0 Å². The van der Waals surface area contributed by atoms with Gasteiger partial charge in [0.05, 0.1) is 6.42 Å². The first kappa shape index (κ1) is 21.6. The fourth-order valence-corrected chi connectivity index (χ4v) is 2.96. The van der Waals surface area contributed by atoms with E-state index in [1.807, 2.05) is 45.9 Å². The zero-order chi connectivity index (χ0) is 20.8. The molecule has 0 saturated heterocycles. The molecule has 0 fully saturated rings. The van der Waals surface area contributed by atoms with Gasteiger partial charge >= 0.3 is 0 Å². The van der Waals surface area contributed by atoms with Gasteiger partial charge in [-0.2, -0.15) is 0 Å². The number of hydrogen-bond donors (Lipinski definition) is 1. The number of hydrogen-bond acceptors (Lipinski definition) is 2. The van der Waals surface area contributed by atoms with Crippen molar-refractivity contribution in [3.63, 3.8) is 0 Å². The number of aryl methyl sites for hydroxylation is 2. The molecule has 0 radical (unpaired) electrons. The van der Waals surface area contributed by atoms with Crippen molar-refractivity contribution >= 4 is 11.8 Å². The zero-order valence-corrected chi connectivity index (χ0v) is 17.3. The van der Waals surface area contributed by atoms with Crippen LogP contribution in [0.15, 0.2) is 42.5 Å². The molecule has 5 heteroatoms. The number of carbonyl (C=O) groups excluding carboxylic acids is 2. The van der Waals surface area contributed by atoms with Gasteiger partial charge in [0, 0.05) is 12.6 Å². The van der Waals surface area contributed by atoms with Crippen molar-refractivity contribution in [2.24, 2.45) is 0 Å². The van der Waals surface area contributed by atoms with E-state index < -0.39 is 6.04 Å². The predicted octanol–water partition coefficient (Wildman–Crippen LogP) is 3.93. The van der Waals surface area contributed by atoms with E-state index in [-0.39, 0.29) is 36.6 Å². The van der Waals surface area contributed by atoms with Crippen LogP contribution in [0.2, 0.25) is 0 Å². The van der Waals surface area contributed by atoms with E-state index in [4.69, 9.17) is 0 Å². The third kappa shape index (κ3) is 5.91. The fraction of sp³-hybridized carbons (Fsp3) is 0.391. The molecule has 0 aliphatic carbocycles. The van der Waals surface area contributed by atoms with E-state index in [2.05, 4.69) is 5.32 Å². The van der Waals surface area contributed by atoms with Crippen LogP contribution in [0, 0.1) is 19.7 Å². The Hall–Kier alpha value is -2.69. The molecule has 2 rings (SSSR count). The van der Waals surface area contributed by atoms with E-state index in [0.29, 0.717) is 0 Å². The molecule has 0 heterocycles. The zero-order valence-electron chi connectivity index (χ0n) is 17.3. The SMILES string of the molecule is Cc1ccc(CC(=O)N(Cc2ccc(F)cc2)C(C)C(=O)NC(C)C)cc1C. The highest BCUT2D eigenvalue weighted by Gasteiger charge is 2.26. The standard InChI is InChI=1S/C23H29FN2O2/c1-15(2)25-23(28)18(5)26(14-19-8-10-21(24)11-9-19)22(27)13-20-7-6-16(3)17(4)12-20/h6-12,15,18H,13-14H2,1-5H3,(H,25,28). The van der Waals surface area contributed by atoms with E-state index in [1.54, 1.807) is 24.0 Å². The number of amides is 2. The van der Waals surface area contributed by atoms with Gasteiger partial charge in [-0.25, -0.2) is 4.39 Å². The number of rotatable bonds is 7. The predicted molar refractivity (Wildman–Crippen MR) is 109 cm³/mol. The minimum absolute atomic E-state index is 0.0162. The van der Waals surface area contributed by atoms with Gasteiger partial charge in [-0.15, -0.1) is 0 Å². The molecule has 2 aromatic rings. The van der Waals surface area contributed by atoms with E-state index in [1.165, 1.54) is 17.7 Å².